The summed E-state index contributed by atoms with van der Waals surface area (Å²) in [5, 5.41) is 17.2. The molecular weight excluding hydrogens is 417 g/mol. The molecule has 0 spiro atoms. The van der Waals surface area contributed by atoms with Gasteiger partial charge in [-0.05, 0) is 68.1 Å². The fourth-order valence-corrected chi connectivity index (χ4v) is 5.51. The number of halogens is 1. The normalized spacial score (nSPS) is 17.5. The molecule has 2 aliphatic carbocycles. The molecular formula is C27H32FN3O2. The van der Waals surface area contributed by atoms with Crippen LogP contribution in [0.2, 0.25) is 0 Å². The van der Waals surface area contributed by atoms with Gasteiger partial charge in [-0.15, -0.1) is 0 Å². The third kappa shape index (κ3) is 4.56. The Morgan fingerprint density at radius 2 is 1.64 bits per heavy atom. The second-order valence-electron chi connectivity index (χ2n) is 9.51. The average Bonchev–Trinajstić information content (AvgIpc) is 3.36. The van der Waals surface area contributed by atoms with Crippen LogP contribution in [0.3, 0.4) is 0 Å². The lowest BCUT2D eigenvalue weighted by Gasteiger charge is -2.31. The summed E-state index contributed by atoms with van der Waals surface area (Å²) in [7, 11) is 0. The largest absolute Gasteiger partial charge is 0.508 e. The number of nitrogens with one attached hydrogen (secondary N) is 2. The van der Waals surface area contributed by atoms with Crippen molar-refractivity contribution in [1.82, 2.24) is 4.57 Å². The minimum Gasteiger partial charge on any atom is -0.508 e. The molecule has 2 saturated carbocycles. The smallest absolute Gasteiger partial charge is 0.196 e. The number of anilines is 2. The zero-order valence-corrected chi connectivity index (χ0v) is 18.9. The van der Waals surface area contributed by atoms with E-state index in [2.05, 4.69) is 15.2 Å². The molecule has 5 rings (SSSR count). The number of nitrogens with zero attached hydrogens (tertiary/aromatic N) is 1. The number of rotatable bonds is 6. The summed E-state index contributed by atoms with van der Waals surface area (Å²) in [6.45, 7) is 0.331. The summed E-state index contributed by atoms with van der Waals surface area (Å²) >= 11 is 0. The maximum absolute atomic E-state index is 14.2. The van der Waals surface area contributed by atoms with Crippen LogP contribution in [0, 0.1) is 5.82 Å². The molecule has 1 heterocycles. The van der Waals surface area contributed by atoms with Gasteiger partial charge in [-0.2, -0.15) is 0 Å². The Morgan fingerprint density at radius 1 is 0.939 bits per heavy atom. The highest BCUT2D eigenvalue weighted by molar-refractivity contribution is 5.83. The SMILES string of the molecule is O=c1c(CNc2ccc(O)cc2)c(NC2CCCCC2)n(C2CCCC2)c2ccc(F)cc12. The lowest BCUT2D eigenvalue weighted by atomic mass is 9.95. The number of aromatic nitrogens is 1. The van der Waals surface area contributed by atoms with Gasteiger partial charge in [-0.1, -0.05) is 32.1 Å². The van der Waals surface area contributed by atoms with Crippen molar-refractivity contribution in [2.75, 3.05) is 10.6 Å². The van der Waals surface area contributed by atoms with E-state index in [0.29, 0.717) is 29.6 Å². The van der Waals surface area contributed by atoms with Gasteiger partial charge in [0, 0.05) is 29.7 Å². The van der Waals surface area contributed by atoms with Crippen molar-refractivity contribution in [1.29, 1.82) is 0 Å². The Balaban J connectivity index is 1.64. The van der Waals surface area contributed by atoms with E-state index < -0.39 is 0 Å². The van der Waals surface area contributed by atoms with Crippen LogP contribution in [-0.2, 0) is 6.54 Å². The highest BCUT2D eigenvalue weighted by Gasteiger charge is 2.26. The molecule has 2 aliphatic rings. The molecule has 3 aromatic rings. The van der Waals surface area contributed by atoms with Gasteiger partial charge in [-0.3, -0.25) is 4.79 Å². The molecule has 0 atom stereocenters. The van der Waals surface area contributed by atoms with Crippen LogP contribution < -0.4 is 16.1 Å². The average molecular weight is 450 g/mol. The van der Waals surface area contributed by atoms with E-state index in [0.717, 1.165) is 42.7 Å². The van der Waals surface area contributed by atoms with Crippen molar-refractivity contribution in [3.8, 4) is 5.75 Å². The molecule has 0 unspecified atom stereocenters. The molecule has 0 radical (unpaired) electrons. The van der Waals surface area contributed by atoms with E-state index in [1.165, 1.54) is 44.2 Å². The number of phenols is 1. The molecule has 174 valence electrons. The second-order valence-corrected chi connectivity index (χ2v) is 9.51. The van der Waals surface area contributed by atoms with E-state index in [-0.39, 0.29) is 17.0 Å². The molecule has 2 aromatic carbocycles. The summed E-state index contributed by atoms with van der Waals surface area (Å²) < 4.78 is 16.5. The Morgan fingerprint density at radius 3 is 2.36 bits per heavy atom. The standard InChI is InChI=1S/C27H32FN3O2/c28-18-10-15-25-23(16-18)26(33)24(17-29-19-11-13-22(32)14-12-19)27(30-20-6-2-1-3-7-20)31(25)21-8-4-5-9-21/h10-16,20-21,29-30,32H,1-9,17H2. The van der Waals surface area contributed by atoms with Gasteiger partial charge < -0.3 is 20.3 Å². The molecule has 3 N–H and O–H groups in total. The first-order chi connectivity index (χ1) is 16.1. The third-order valence-corrected chi connectivity index (χ3v) is 7.24. The quantitative estimate of drug-likeness (QED) is 0.385. The predicted octanol–water partition coefficient (Wildman–Crippen LogP) is 6.32. The number of benzene rings is 2. The van der Waals surface area contributed by atoms with Gasteiger partial charge in [0.15, 0.2) is 5.43 Å². The number of hydrogen-bond acceptors (Lipinski definition) is 4. The lowest BCUT2D eigenvalue weighted by molar-refractivity contribution is 0.455. The first-order valence-corrected chi connectivity index (χ1v) is 12.3. The molecule has 6 heteroatoms. The van der Waals surface area contributed by atoms with Crippen molar-refractivity contribution in [2.45, 2.75) is 76.4 Å². The molecule has 5 nitrogen and oxygen atoms in total. The Hall–Kier alpha value is -3.02. The summed E-state index contributed by atoms with van der Waals surface area (Å²) in [5.74, 6) is 0.706. The lowest BCUT2D eigenvalue weighted by Crippen LogP contribution is -2.30. The second kappa shape index (κ2) is 9.46. The molecule has 0 aliphatic heterocycles. The Bertz CT molecular complexity index is 1180. The maximum Gasteiger partial charge on any atom is 0.196 e. The fourth-order valence-electron chi connectivity index (χ4n) is 5.51. The molecule has 0 amide bonds. The summed E-state index contributed by atoms with van der Waals surface area (Å²) in [5.41, 5.74) is 2.17. The summed E-state index contributed by atoms with van der Waals surface area (Å²) in [6, 6.07) is 12.1. The molecule has 2 fully saturated rings. The van der Waals surface area contributed by atoms with Crippen LogP contribution in [0.4, 0.5) is 15.9 Å². The van der Waals surface area contributed by atoms with E-state index in [4.69, 9.17) is 0 Å². The van der Waals surface area contributed by atoms with Gasteiger partial charge in [-0.25, -0.2) is 4.39 Å². The fraction of sp³-hybridized carbons (Fsp3) is 0.444. The van der Waals surface area contributed by atoms with Crippen molar-refractivity contribution in [3.05, 3.63) is 64.1 Å². The zero-order valence-electron chi connectivity index (χ0n) is 18.9. The van der Waals surface area contributed by atoms with Gasteiger partial charge in [0.05, 0.1) is 11.1 Å². The van der Waals surface area contributed by atoms with Crippen LogP contribution in [0.1, 0.15) is 69.4 Å². The number of pyridine rings is 1. The van der Waals surface area contributed by atoms with Crippen LogP contribution in [0.25, 0.3) is 10.9 Å². The molecule has 33 heavy (non-hydrogen) atoms. The Labute approximate surface area is 193 Å². The van der Waals surface area contributed by atoms with Gasteiger partial charge in [0.1, 0.15) is 17.4 Å². The number of phenolic OH excluding ortho intramolecular Hbond substituents is 1. The number of aromatic hydroxyl groups is 1. The Kier molecular flexibility index (Phi) is 6.25. The number of fused-ring (bicyclic) bond motifs is 1. The predicted molar refractivity (Wildman–Crippen MR) is 132 cm³/mol. The zero-order chi connectivity index (χ0) is 22.8. The van der Waals surface area contributed by atoms with Gasteiger partial charge in [0.25, 0.3) is 0 Å². The first kappa shape index (κ1) is 21.8. The van der Waals surface area contributed by atoms with Gasteiger partial charge >= 0.3 is 0 Å². The van der Waals surface area contributed by atoms with E-state index in [1.54, 1.807) is 30.3 Å². The highest BCUT2D eigenvalue weighted by Crippen LogP contribution is 2.37. The van der Waals surface area contributed by atoms with Crippen molar-refractivity contribution in [2.24, 2.45) is 0 Å². The van der Waals surface area contributed by atoms with Crippen LogP contribution in [0.5, 0.6) is 5.75 Å². The van der Waals surface area contributed by atoms with Crippen molar-refractivity contribution < 1.29 is 9.50 Å². The summed E-state index contributed by atoms with van der Waals surface area (Å²) in [4.78, 5) is 13.7. The number of hydrogen-bond donors (Lipinski definition) is 3. The minimum absolute atomic E-state index is 0.122. The molecule has 1 aromatic heterocycles. The topological polar surface area (TPSA) is 66.3 Å². The van der Waals surface area contributed by atoms with Crippen LogP contribution >= 0.6 is 0 Å². The first-order valence-electron chi connectivity index (χ1n) is 12.3. The van der Waals surface area contributed by atoms with Crippen molar-refractivity contribution in [3.63, 3.8) is 0 Å². The van der Waals surface area contributed by atoms with E-state index in [9.17, 15) is 14.3 Å². The molecule has 0 saturated heterocycles. The third-order valence-electron chi connectivity index (χ3n) is 7.24. The van der Waals surface area contributed by atoms with Crippen LogP contribution in [-0.4, -0.2) is 15.7 Å². The molecule has 0 bridgehead atoms. The highest BCUT2D eigenvalue weighted by atomic mass is 19.1. The van der Waals surface area contributed by atoms with Gasteiger partial charge in [0.2, 0.25) is 0 Å². The monoisotopic (exact) mass is 449 g/mol. The minimum atomic E-state index is -0.386. The van der Waals surface area contributed by atoms with Crippen LogP contribution in [0.15, 0.2) is 47.3 Å². The summed E-state index contributed by atoms with van der Waals surface area (Å²) in [6.07, 6.45) is 10.3. The van der Waals surface area contributed by atoms with Crippen molar-refractivity contribution >= 4 is 22.4 Å². The van der Waals surface area contributed by atoms with E-state index in [1.807, 2.05) is 0 Å². The maximum atomic E-state index is 14.2. The van der Waals surface area contributed by atoms with E-state index >= 15 is 0 Å².